The highest BCUT2D eigenvalue weighted by Gasteiger charge is 2.49. The van der Waals surface area contributed by atoms with Gasteiger partial charge in [0.25, 0.3) is 0 Å². The van der Waals surface area contributed by atoms with Gasteiger partial charge in [0.15, 0.2) is 0 Å². The number of hydrogen-bond donors (Lipinski definition) is 0. The predicted molar refractivity (Wildman–Crippen MR) is 184 cm³/mol. The molecule has 0 unspecified atom stereocenters. The van der Waals surface area contributed by atoms with Crippen LogP contribution in [0.2, 0.25) is 0 Å². The molecule has 0 radical (unpaired) electrons. The van der Waals surface area contributed by atoms with Crippen molar-refractivity contribution in [1.29, 1.82) is 0 Å². The standard InChI is InChI=1S/C40H27N3Si/c1-4-18-36-31(14-1)32-23-22-28(35-17-7-9-24-41-35)26-37(32)43(36)29-12-11-13-30(27-29)44(40-21-8-10-25-42-40)38-19-5-2-15-33(38)34-16-3-6-20-39(34)44/h1-27H. The highest BCUT2D eigenvalue weighted by Crippen LogP contribution is 2.35. The van der Waals surface area contributed by atoms with E-state index in [2.05, 4.69) is 143 Å². The SMILES string of the molecule is c1ccc(-c2ccc3c4ccccc4n(-c4cccc([Si]5(c6ccccn6)c6ccccc6-c6ccccc65)c4)c3c2)nc1. The zero-order valence-corrected chi connectivity index (χ0v) is 24.9. The maximum atomic E-state index is 5.09. The number of para-hydroxylation sites is 1. The van der Waals surface area contributed by atoms with Gasteiger partial charge in [-0.1, -0.05) is 103 Å². The Labute approximate surface area is 256 Å². The second-order valence-electron chi connectivity index (χ2n) is 11.4. The monoisotopic (exact) mass is 577 g/mol. The first-order valence-electron chi connectivity index (χ1n) is 15.0. The molecule has 4 heterocycles. The molecule has 44 heavy (non-hydrogen) atoms. The van der Waals surface area contributed by atoms with Gasteiger partial charge in [0.1, 0.15) is 0 Å². The van der Waals surface area contributed by atoms with Gasteiger partial charge in [-0.05, 0) is 75.2 Å². The smallest absolute Gasteiger partial charge is 0.203 e. The van der Waals surface area contributed by atoms with E-state index in [9.17, 15) is 0 Å². The maximum Gasteiger partial charge on any atom is 0.203 e. The Kier molecular flexibility index (Phi) is 5.52. The summed E-state index contributed by atoms with van der Waals surface area (Å²) in [4.78, 5) is 9.75. The molecule has 0 saturated heterocycles. The molecule has 3 aromatic heterocycles. The Morgan fingerprint density at radius 1 is 0.477 bits per heavy atom. The topological polar surface area (TPSA) is 30.7 Å². The van der Waals surface area contributed by atoms with Crippen molar-refractivity contribution in [2.24, 2.45) is 0 Å². The van der Waals surface area contributed by atoms with E-state index < -0.39 is 8.07 Å². The summed E-state index contributed by atoms with van der Waals surface area (Å²) in [6.07, 6.45) is 3.81. The Morgan fingerprint density at radius 3 is 1.91 bits per heavy atom. The molecule has 4 heteroatoms. The lowest BCUT2D eigenvalue weighted by Crippen LogP contribution is -2.73. The first-order valence-corrected chi connectivity index (χ1v) is 17.0. The summed E-state index contributed by atoms with van der Waals surface area (Å²) >= 11 is 0. The van der Waals surface area contributed by atoms with Crippen LogP contribution >= 0.6 is 0 Å². The average Bonchev–Trinajstić information content (AvgIpc) is 3.60. The molecular weight excluding hydrogens is 551 g/mol. The van der Waals surface area contributed by atoms with Crippen molar-refractivity contribution >= 4 is 50.8 Å². The van der Waals surface area contributed by atoms with Crippen LogP contribution in [0.5, 0.6) is 0 Å². The second kappa shape index (κ2) is 9.73. The summed E-state index contributed by atoms with van der Waals surface area (Å²) in [5.41, 5.74) is 8.24. The van der Waals surface area contributed by atoms with E-state index in [1.54, 1.807) is 0 Å². The van der Waals surface area contributed by atoms with E-state index >= 15 is 0 Å². The van der Waals surface area contributed by atoms with Crippen LogP contribution in [0.4, 0.5) is 0 Å². The van der Waals surface area contributed by atoms with Crippen molar-refractivity contribution in [3.63, 3.8) is 0 Å². The quantitative estimate of drug-likeness (QED) is 0.221. The van der Waals surface area contributed by atoms with E-state index in [0.29, 0.717) is 0 Å². The minimum Gasteiger partial charge on any atom is -0.309 e. The molecule has 0 spiro atoms. The van der Waals surface area contributed by atoms with Gasteiger partial charge in [0.2, 0.25) is 8.07 Å². The molecule has 0 amide bonds. The zero-order chi connectivity index (χ0) is 29.1. The molecule has 8 aromatic rings. The largest absolute Gasteiger partial charge is 0.309 e. The fourth-order valence-electron chi connectivity index (χ4n) is 7.37. The van der Waals surface area contributed by atoms with Gasteiger partial charge in [-0.15, -0.1) is 0 Å². The van der Waals surface area contributed by atoms with Gasteiger partial charge in [0.05, 0.1) is 16.7 Å². The van der Waals surface area contributed by atoms with Gasteiger partial charge in [-0.3, -0.25) is 9.97 Å². The van der Waals surface area contributed by atoms with Crippen LogP contribution in [0, 0.1) is 0 Å². The van der Waals surface area contributed by atoms with E-state index in [1.165, 1.54) is 48.5 Å². The summed E-state index contributed by atoms with van der Waals surface area (Å²) in [6, 6.07) is 55.1. The number of hydrogen-bond acceptors (Lipinski definition) is 2. The predicted octanol–water partition coefficient (Wildman–Crippen LogP) is 6.60. The molecule has 206 valence electrons. The zero-order valence-electron chi connectivity index (χ0n) is 23.9. The van der Waals surface area contributed by atoms with Gasteiger partial charge >= 0.3 is 0 Å². The third-order valence-electron chi connectivity index (χ3n) is 9.17. The van der Waals surface area contributed by atoms with Crippen LogP contribution in [0.15, 0.2) is 164 Å². The van der Waals surface area contributed by atoms with Crippen molar-refractivity contribution in [2.45, 2.75) is 0 Å². The fraction of sp³-hybridized carbons (Fsp3) is 0. The number of benzene rings is 5. The van der Waals surface area contributed by atoms with Crippen molar-refractivity contribution in [1.82, 2.24) is 14.5 Å². The highest BCUT2D eigenvalue weighted by molar-refractivity contribution is 7.21. The molecule has 9 rings (SSSR count). The summed E-state index contributed by atoms with van der Waals surface area (Å²) in [5.74, 6) is 0. The maximum absolute atomic E-state index is 5.09. The average molecular weight is 578 g/mol. The number of rotatable bonds is 4. The molecule has 5 aromatic carbocycles. The lowest BCUT2D eigenvalue weighted by Gasteiger charge is -2.30. The van der Waals surface area contributed by atoms with E-state index in [-0.39, 0.29) is 0 Å². The summed E-state index contributed by atoms with van der Waals surface area (Å²) in [6.45, 7) is 0. The van der Waals surface area contributed by atoms with Gasteiger partial charge in [0, 0.05) is 39.7 Å². The van der Waals surface area contributed by atoms with Crippen LogP contribution in [0.25, 0.3) is 49.9 Å². The number of aromatic nitrogens is 3. The Bertz CT molecular complexity index is 2300. The van der Waals surface area contributed by atoms with E-state index in [0.717, 1.165) is 22.3 Å². The normalized spacial score (nSPS) is 13.2. The highest BCUT2D eigenvalue weighted by atomic mass is 28.3. The molecule has 0 bridgehead atoms. The Morgan fingerprint density at radius 2 is 1.16 bits per heavy atom. The molecule has 0 aliphatic carbocycles. The lowest BCUT2D eigenvalue weighted by atomic mass is 10.1. The molecule has 0 atom stereocenters. The van der Waals surface area contributed by atoms with Gasteiger partial charge in [-0.2, -0.15) is 0 Å². The minimum atomic E-state index is -2.70. The van der Waals surface area contributed by atoms with Gasteiger partial charge in [-0.25, -0.2) is 0 Å². The van der Waals surface area contributed by atoms with Crippen molar-refractivity contribution < 1.29 is 0 Å². The molecular formula is C40H27N3Si. The third kappa shape index (κ3) is 3.49. The van der Waals surface area contributed by atoms with E-state index in [1.807, 2.05) is 30.6 Å². The second-order valence-corrected chi connectivity index (χ2v) is 15.1. The van der Waals surface area contributed by atoms with Crippen molar-refractivity contribution in [3.8, 4) is 28.1 Å². The van der Waals surface area contributed by atoms with Crippen LogP contribution in [0.3, 0.4) is 0 Å². The lowest BCUT2D eigenvalue weighted by molar-refractivity contribution is 1.18. The minimum absolute atomic E-state index is 0.973. The van der Waals surface area contributed by atoms with Gasteiger partial charge < -0.3 is 4.57 Å². The van der Waals surface area contributed by atoms with E-state index in [4.69, 9.17) is 4.98 Å². The molecule has 0 N–H and O–H groups in total. The molecule has 3 nitrogen and oxygen atoms in total. The number of pyridine rings is 2. The molecule has 0 saturated carbocycles. The fourth-order valence-corrected chi connectivity index (χ4v) is 12.4. The number of nitrogens with zero attached hydrogens (tertiary/aromatic N) is 3. The van der Waals surface area contributed by atoms with Crippen LogP contribution in [-0.2, 0) is 0 Å². The molecule has 1 aliphatic rings. The number of fused-ring (bicyclic) bond motifs is 6. The van der Waals surface area contributed by atoms with Crippen molar-refractivity contribution in [3.05, 3.63) is 164 Å². The Balaban J connectivity index is 1.35. The summed E-state index contributed by atoms with van der Waals surface area (Å²) < 4.78 is 2.42. The molecule has 0 fully saturated rings. The van der Waals surface area contributed by atoms with Crippen molar-refractivity contribution in [2.75, 3.05) is 0 Å². The summed E-state index contributed by atoms with van der Waals surface area (Å²) in [5, 5.41) is 7.77. The van der Waals surface area contributed by atoms with Crippen LogP contribution in [0.1, 0.15) is 0 Å². The van der Waals surface area contributed by atoms with Crippen LogP contribution in [-0.4, -0.2) is 22.6 Å². The molecule has 1 aliphatic heterocycles. The first-order chi connectivity index (χ1) is 21.8. The summed E-state index contributed by atoms with van der Waals surface area (Å²) in [7, 11) is -2.70. The third-order valence-corrected chi connectivity index (χ3v) is 13.9. The Hall–Kier alpha value is -5.58. The first kappa shape index (κ1) is 25.0. The van der Waals surface area contributed by atoms with Crippen LogP contribution < -0.4 is 20.9 Å².